The Morgan fingerprint density at radius 2 is 2.20 bits per heavy atom. The number of aliphatic hydroxyl groups is 1. The highest BCUT2D eigenvalue weighted by Gasteiger charge is 2.11. The summed E-state index contributed by atoms with van der Waals surface area (Å²) in [6.45, 7) is 2.70. The normalized spacial score (nSPS) is 14.7. The van der Waals surface area contributed by atoms with Gasteiger partial charge in [0.2, 0.25) is 5.91 Å². The minimum Gasteiger partial charge on any atom is -0.391 e. The fourth-order valence-electron chi connectivity index (χ4n) is 1.21. The van der Waals surface area contributed by atoms with Gasteiger partial charge in [-0.1, -0.05) is 13.3 Å². The van der Waals surface area contributed by atoms with Gasteiger partial charge in [0, 0.05) is 13.7 Å². The second-order valence-corrected chi connectivity index (χ2v) is 3.58. The molecule has 90 valence electrons. The standard InChI is InChI=1S/C10H22N2O3/c1-3-4-9(11)10(14)12-6-5-8(13)7-15-2/h8-9,13H,3-7,11H2,1-2H3,(H,12,14)/t8?,9-/m1/s1. The van der Waals surface area contributed by atoms with Crippen molar-refractivity contribution in [2.45, 2.75) is 38.3 Å². The third-order valence-corrected chi connectivity index (χ3v) is 2.07. The van der Waals surface area contributed by atoms with Gasteiger partial charge in [-0.2, -0.15) is 0 Å². The van der Waals surface area contributed by atoms with E-state index in [1.54, 1.807) is 0 Å². The largest absolute Gasteiger partial charge is 0.391 e. The lowest BCUT2D eigenvalue weighted by molar-refractivity contribution is -0.122. The van der Waals surface area contributed by atoms with Crippen LogP contribution in [0.3, 0.4) is 0 Å². The smallest absolute Gasteiger partial charge is 0.236 e. The molecule has 0 radical (unpaired) electrons. The molecular formula is C10H22N2O3. The van der Waals surface area contributed by atoms with E-state index in [-0.39, 0.29) is 12.5 Å². The van der Waals surface area contributed by atoms with Crippen molar-refractivity contribution in [3.05, 3.63) is 0 Å². The van der Waals surface area contributed by atoms with Crippen LogP contribution in [-0.2, 0) is 9.53 Å². The summed E-state index contributed by atoms with van der Waals surface area (Å²) in [5.74, 6) is -0.151. The van der Waals surface area contributed by atoms with Crippen molar-refractivity contribution >= 4 is 5.91 Å². The van der Waals surface area contributed by atoms with Crippen molar-refractivity contribution in [2.24, 2.45) is 5.73 Å². The number of rotatable bonds is 8. The molecule has 1 amide bonds. The van der Waals surface area contributed by atoms with Gasteiger partial charge in [0.25, 0.3) is 0 Å². The monoisotopic (exact) mass is 218 g/mol. The lowest BCUT2D eigenvalue weighted by atomic mass is 10.1. The van der Waals surface area contributed by atoms with Crippen molar-refractivity contribution in [1.29, 1.82) is 0 Å². The van der Waals surface area contributed by atoms with Crippen LogP contribution >= 0.6 is 0 Å². The molecule has 0 aromatic rings. The molecule has 1 unspecified atom stereocenters. The molecule has 4 N–H and O–H groups in total. The minimum absolute atomic E-state index is 0.151. The number of amides is 1. The first-order chi connectivity index (χ1) is 7.11. The predicted molar refractivity (Wildman–Crippen MR) is 58.4 cm³/mol. The molecule has 0 bridgehead atoms. The van der Waals surface area contributed by atoms with Crippen LogP contribution in [0, 0.1) is 0 Å². The number of carbonyl (C=O) groups excluding carboxylic acids is 1. The molecule has 2 atom stereocenters. The highest BCUT2D eigenvalue weighted by Crippen LogP contribution is 1.94. The van der Waals surface area contributed by atoms with Gasteiger partial charge in [-0.15, -0.1) is 0 Å². The molecule has 0 aliphatic heterocycles. The first-order valence-corrected chi connectivity index (χ1v) is 5.32. The van der Waals surface area contributed by atoms with E-state index in [4.69, 9.17) is 10.5 Å². The van der Waals surface area contributed by atoms with Crippen molar-refractivity contribution in [3.8, 4) is 0 Å². The molecular weight excluding hydrogens is 196 g/mol. The van der Waals surface area contributed by atoms with Gasteiger partial charge in [0.1, 0.15) is 0 Å². The summed E-state index contributed by atoms with van der Waals surface area (Å²) in [5.41, 5.74) is 5.60. The van der Waals surface area contributed by atoms with Crippen LogP contribution in [0.5, 0.6) is 0 Å². The molecule has 0 saturated carbocycles. The van der Waals surface area contributed by atoms with Gasteiger partial charge < -0.3 is 20.9 Å². The highest BCUT2D eigenvalue weighted by atomic mass is 16.5. The Labute approximate surface area is 91.0 Å². The highest BCUT2D eigenvalue weighted by molar-refractivity contribution is 5.81. The molecule has 0 saturated heterocycles. The molecule has 0 heterocycles. The summed E-state index contributed by atoms with van der Waals surface area (Å²) >= 11 is 0. The number of carbonyl (C=O) groups is 1. The van der Waals surface area contributed by atoms with Gasteiger partial charge in [0.15, 0.2) is 0 Å². The summed E-state index contributed by atoms with van der Waals surface area (Å²) in [5, 5.41) is 12.0. The van der Waals surface area contributed by atoms with E-state index in [1.165, 1.54) is 7.11 Å². The average Bonchev–Trinajstić information content (AvgIpc) is 2.18. The zero-order chi connectivity index (χ0) is 11.7. The maximum Gasteiger partial charge on any atom is 0.236 e. The van der Waals surface area contributed by atoms with Crippen molar-refractivity contribution in [1.82, 2.24) is 5.32 Å². The Bertz CT molecular complexity index is 176. The molecule has 15 heavy (non-hydrogen) atoms. The van der Waals surface area contributed by atoms with Crippen molar-refractivity contribution < 1.29 is 14.6 Å². The molecule has 5 nitrogen and oxygen atoms in total. The van der Waals surface area contributed by atoms with Crippen LogP contribution in [0.2, 0.25) is 0 Å². The van der Waals surface area contributed by atoms with E-state index in [1.807, 2.05) is 6.92 Å². The van der Waals surface area contributed by atoms with Gasteiger partial charge in [0.05, 0.1) is 18.8 Å². The zero-order valence-corrected chi connectivity index (χ0v) is 9.53. The Morgan fingerprint density at radius 1 is 1.53 bits per heavy atom. The summed E-state index contributed by atoms with van der Waals surface area (Å²) in [7, 11) is 1.53. The van der Waals surface area contributed by atoms with E-state index in [2.05, 4.69) is 5.32 Å². The Hall–Kier alpha value is -0.650. The third-order valence-electron chi connectivity index (χ3n) is 2.07. The van der Waals surface area contributed by atoms with E-state index in [0.717, 1.165) is 6.42 Å². The molecule has 5 heteroatoms. The van der Waals surface area contributed by atoms with Crippen LogP contribution in [0.1, 0.15) is 26.2 Å². The summed E-state index contributed by atoms with van der Waals surface area (Å²) in [6, 6.07) is -0.436. The first-order valence-electron chi connectivity index (χ1n) is 5.32. The number of methoxy groups -OCH3 is 1. The molecule has 0 aliphatic carbocycles. The molecule has 0 aromatic heterocycles. The first kappa shape index (κ1) is 14.3. The van der Waals surface area contributed by atoms with Gasteiger partial charge in [-0.3, -0.25) is 4.79 Å². The molecule has 0 spiro atoms. The van der Waals surface area contributed by atoms with Crippen molar-refractivity contribution in [3.63, 3.8) is 0 Å². The minimum atomic E-state index is -0.530. The Kier molecular flexibility index (Phi) is 8.27. The van der Waals surface area contributed by atoms with Crippen molar-refractivity contribution in [2.75, 3.05) is 20.3 Å². The van der Waals surface area contributed by atoms with E-state index in [9.17, 15) is 9.90 Å². The van der Waals surface area contributed by atoms with E-state index in [0.29, 0.717) is 19.4 Å². The van der Waals surface area contributed by atoms with Crippen LogP contribution in [0.25, 0.3) is 0 Å². The lowest BCUT2D eigenvalue weighted by Crippen LogP contribution is -2.41. The van der Waals surface area contributed by atoms with E-state index < -0.39 is 12.1 Å². The van der Waals surface area contributed by atoms with Crippen LogP contribution in [-0.4, -0.2) is 43.4 Å². The van der Waals surface area contributed by atoms with Crippen LogP contribution in [0.15, 0.2) is 0 Å². The maximum absolute atomic E-state index is 11.3. The topological polar surface area (TPSA) is 84.6 Å². The molecule has 0 fully saturated rings. The van der Waals surface area contributed by atoms with Gasteiger partial charge in [-0.25, -0.2) is 0 Å². The fourth-order valence-corrected chi connectivity index (χ4v) is 1.21. The Balaban J connectivity index is 3.54. The number of nitrogens with one attached hydrogen (secondary N) is 1. The number of hydrogen-bond donors (Lipinski definition) is 3. The summed E-state index contributed by atoms with van der Waals surface area (Å²) in [6.07, 6.45) is 1.53. The Morgan fingerprint density at radius 3 is 2.73 bits per heavy atom. The number of hydrogen-bond acceptors (Lipinski definition) is 4. The third kappa shape index (κ3) is 7.30. The summed E-state index contributed by atoms with van der Waals surface area (Å²) < 4.78 is 4.76. The average molecular weight is 218 g/mol. The quantitative estimate of drug-likeness (QED) is 0.519. The molecule has 0 aromatic carbocycles. The SMILES string of the molecule is CCC[C@@H](N)C(=O)NCCC(O)COC. The molecule has 0 rings (SSSR count). The lowest BCUT2D eigenvalue weighted by Gasteiger charge is -2.13. The fraction of sp³-hybridized carbons (Fsp3) is 0.900. The summed E-state index contributed by atoms with van der Waals surface area (Å²) in [4.78, 5) is 11.3. The number of aliphatic hydroxyl groups excluding tert-OH is 1. The van der Waals surface area contributed by atoms with Gasteiger partial charge >= 0.3 is 0 Å². The van der Waals surface area contributed by atoms with Crippen LogP contribution < -0.4 is 11.1 Å². The second-order valence-electron chi connectivity index (χ2n) is 3.58. The van der Waals surface area contributed by atoms with E-state index >= 15 is 0 Å². The predicted octanol–water partition coefficient (Wildman–Crippen LogP) is -0.373. The second kappa shape index (κ2) is 8.64. The maximum atomic E-state index is 11.3. The number of nitrogens with two attached hydrogens (primary N) is 1. The van der Waals surface area contributed by atoms with Gasteiger partial charge in [-0.05, 0) is 12.8 Å². The number of ether oxygens (including phenoxy) is 1. The zero-order valence-electron chi connectivity index (χ0n) is 9.53. The van der Waals surface area contributed by atoms with Crippen LogP contribution in [0.4, 0.5) is 0 Å². The molecule has 0 aliphatic rings.